The normalized spacial score (nSPS) is 8.25. The molecule has 0 rings (SSSR count). The van der Waals surface area contributed by atoms with Crippen LogP contribution in [0.3, 0.4) is 0 Å². The van der Waals surface area contributed by atoms with Crippen LogP contribution in [0.15, 0.2) is 24.3 Å². The molecule has 0 aromatic carbocycles. The molecule has 0 saturated heterocycles. The lowest BCUT2D eigenvalue weighted by Gasteiger charge is -1.88. The maximum Gasteiger partial charge on any atom is 0.248 e. The first-order chi connectivity index (χ1) is 5.72. The molecule has 0 saturated carbocycles. The predicted octanol–water partition coefficient (Wildman–Crippen LogP) is 2.66. The molecule has 0 aliphatic rings. The van der Waals surface area contributed by atoms with Crippen LogP contribution in [-0.2, 0) is 4.79 Å². The first kappa shape index (κ1) is 17.2. The van der Waals surface area contributed by atoms with Crippen molar-refractivity contribution in [3.8, 4) is 0 Å². The van der Waals surface area contributed by atoms with E-state index in [1.165, 1.54) is 6.08 Å². The summed E-state index contributed by atoms with van der Waals surface area (Å²) in [5.41, 5.74) is 5.34. The molecule has 0 radical (unpaired) electrons. The molecule has 0 unspecified atom stereocenters. The second-order valence-electron chi connectivity index (χ2n) is 1.31. The van der Waals surface area contributed by atoms with Gasteiger partial charge >= 0.3 is 0 Å². The van der Waals surface area contributed by atoms with Crippen LogP contribution < -0.4 is 5.73 Å². The maximum atomic E-state index is 10.2. The summed E-state index contributed by atoms with van der Waals surface area (Å²) in [6, 6.07) is 0. The summed E-state index contributed by atoms with van der Waals surface area (Å²) in [5, 5.41) is 0. The van der Waals surface area contributed by atoms with Crippen molar-refractivity contribution >= 4 is 5.91 Å². The summed E-state index contributed by atoms with van der Waals surface area (Å²) in [7, 11) is 0. The van der Waals surface area contributed by atoms with Gasteiger partial charge in [-0.3, -0.25) is 4.79 Å². The first-order valence-electron chi connectivity index (χ1n) is 4.31. The van der Waals surface area contributed by atoms with Gasteiger partial charge in [0.05, 0.1) is 0 Å². The molecule has 0 fully saturated rings. The average molecular weight is 171 g/mol. The number of rotatable bonds is 2. The van der Waals surface area contributed by atoms with E-state index in [1.54, 1.807) is 13.0 Å². The van der Waals surface area contributed by atoms with E-state index in [-0.39, 0.29) is 0 Å². The van der Waals surface area contributed by atoms with Gasteiger partial charge < -0.3 is 5.73 Å². The van der Waals surface area contributed by atoms with Gasteiger partial charge in [0.2, 0.25) is 5.91 Å². The van der Waals surface area contributed by atoms with Gasteiger partial charge in [-0.2, -0.15) is 0 Å². The zero-order chi connectivity index (χ0) is 10.6. The van der Waals surface area contributed by atoms with Gasteiger partial charge in [-0.15, -0.1) is 0 Å². The predicted molar refractivity (Wildman–Crippen MR) is 55.8 cm³/mol. The minimum atomic E-state index is -0.428. The number of carbonyl (C=O) groups excluding carboxylic acids is 1. The highest BCUT2D eigenvalue weighted by molar-refractivity contribution is 5.94. The third kappa shape index (κ3) is 11.7. The number of hydrogen-bond donors (Lipinski definition) is 1. The van der Waals surface area contributed by atoms with Gasteiger partial charge in [0.15, 0.2) is 0 Å². The number of hydrogen-bond acceptors (Lipinski definition) is 1. The quantitative estimate of drug-likeness (QED) is 0.503. The van der Waals surface area contributed by atoms with Crippen LogP contribution in [0.2, 0.25) is 0 Å². The van der Waals surface area contributed by atoms with Gasteiger partial charge in [0, 0.05) is 5.57 Å². The smallest absolute Gasteiger partial charge is 0.248 e. The van der Waals surface area contributed by atoms with Gasteiger partial charge in [0.1, 0.15) is 0 Å². The van der Waals surface area contributed by atoms with E-state index >= 15 is 0 Å². The van der Waals surface area contributed by atoms with Gasteiger partial charge in [-0.05, 0) is 6.92 Å². The van der Waals surface area contributed by atoms with Crippen LogP contribution in [0.4, 0.5) is 0 Å². The Hall–Kier alpha value is -1.05. The summed E-state index contributed by atoms with van der Waals surface area (Å²) in [5.74, 6) is -0.428. The van der Waals surface area contributed by atoms with Crippen LogP contribution >= 0.6 is 0 Å². The van der Waals surface area contributed by atoms with E-state index in [0.29, 0.717) is 5.57 Å². The molecule has 0 aromatic heterocycles. The summed E-state index contributed by atoms with van der Waals surface area (Å²) < 4.78 is 0. The minimum absolute atomic E-state index is 0.428. The second kappa shape index (κ2) is 16.5. The van der Waals surface area contributed by atoms with Crippen molar-refractivity contribution in [2.24, 2.45) is 5.73 Å². The minimum Gasteiger partial charge on any atom is -0.366 e. The fourth-order valence-corrected chi connectivity index (χ4v) is 0.361. The van der Waals surface area contributed by atoms with Gasteiger partial charge in [-0.1, -0.05) is 46.4 Å². The van der Waals surface area contributed by atoms with E-state index in [9.17, 15) is 4.79 Å². The zero-order valence-corrected chi connectivity index (χ0v) is 8.85. The van der Waals surface area contributed by atoms with Crippen molar-refractivity contribution in [3.63, 3.8) is 0 Å². The zero-order valence-electron chi connectivity index (χ0n) is 8.85. The average Bonchev–Trinajstić information content (AvgIpc) is 2.13. The largest absolute Gasteiger partial charge is 0.366 e. The third-order valence-electron chi connectivity index (χ3n) is 0.815. The molecule has 1 amide bonds. The van der Waals surface area contributed by atoms with E-state index in [4.69, 9.17) is 5.73 Å². The van der Waals surface area contributed by atoms with Crippen molar-refractivity contribution in [1.29, 1.82) is 0 Å². The topological polar surface area (TPSA) is 43.1 Å². The maximum absolute atomic E-state index is 10.2. The molecule has 12 heavy (non-hydrogen) atoms. The molecular formula is C10H21NO. The van der Waals surface area contributed by atoms with E-state index in [0.717, 1.165) is 0 Å². The SMILES string of the molecule is C=C/C(=C\C)C(N)=O.CC.CC. The number of allylic oxidation sites excluding steroid dienone is 1. The molecule has 0 aliphatic heterocycles. The molecule has 2 nitrogen and oxygen atoms in total. The van der Waals surface area contributed by atoms with Crippen molar-refractivity contribution in [3.05, 3.63) is 24.3 Å². The highest BCUT2D eigenvalue weighted by Crippen LogP contribution is 1.90. The summed E-state index contributed by atoms with van der Waals surface area (Å²) in [6.45, 7) is 13.1. The van der Waals surface area contributed by atoms with Crippen LogP contribution in [0.25, 0.3) is 0 Å². The summed E-state index contributed by atoms with van der Waals surface area (Å²) >= 11 is 0. The summed E-state index contributed by atoms with van der Waals surface area (Å²) in [6.07, 6.45) is 3.05. The summed E-state index contributed by atoms with van der Waals surface area (Å²) in [4.78, 5) is 10.2. The molecule has 0 aromatic rings. The molecule has 2 heteroatoms. The monoisotopic (exact) mass is 171 g/mol. The fraction of sp³-hybridized carbons (Fsp3) is 0.500. The number of primary amides is 1. The van der Waals surface area contributed by atoms with E-state index < -0.39 is 5.91 Å². The lowest BCUT2D eigenvalue weighted by molar-refractivity contribution is -0.114. The lowest BCUT2D eigenvalue weighted by Crippen LogP contribution is -2.11. The third-order valence-corrected chi connectivity index (χ3v) is 0.815. The molecule has 0 bridgehead atoms. The van der Waals surface area contributed by atoms with Gasteiger partial charge in [0.25, 0.3) is 0 Å². The molecular weight excluding hydrogens is 150 g/mol. The van der Waals surface area contributed by atoms with Crippen LogP contribution in [0.5, 0.6) is 0 Å². The van der Waals surface area contributed by atoms with Crippen LogP contribution in [-0.4, -0.2) is 5.91 Å². The van der Waals surface area contributed by atoms with E-state index in [2.05, 4.69) is 6.58 Å². The van der Waals surface area contributed by atoms with Crippen molar-refractivity contribution in [2.45, 2.75) is 34.6 Å². The van der Waals surface area contributed by atoms with Crippen molar-refractivity contribution in [1.82, 2.24) is 0 Å². The number of nitrogens with two attached hydrogens (primary N) is 1. The van der Waals surface area contributed by atoms with Crippen LogP contribution in [0, 0.1) is 0 Å². The second-order valence-corrected chi connectivity index (χ2v) is 1.31. The molecule has 72 valence electrons. The molecule has 0 aliphatic carbocycles. The van der Waals surface area contributed by atoms with Crippen LogP contribution in [0.1, 0.15) is 34.6 Å². The highest BCUT2D eigenvalue weighted by atomic mass is 16.1. The Labute approximate surface area is 76.2 Å². The Morgan fingerprint density at radius 2 is 1.58 bits per heavy atom. The Kier molecular flexibility index (Phi) is 23.6. The molecule has 0 heterocycles. The Bertz CT molecular complexity index is 137. The standard InChI is InChI=1S/C6H9NO.2C2H6/c1-3-5(4-2)6(7)8;2*1-2/h3-4H,1H2,2H3,(H2,7,8);2*1-2H3/b5-4+;;. The Morgan fingerprint density at radius 1 is 1.25 bits per heavy atom. The Morgan fingerprint density at radius 3 is 1.58 bits per heavy atom. The molecule has 0 spiro atoms. The fourth-order valence-electron chi connectivity index (χ4n) is 0.361. The first-order valence-corrected chi connectivity index (χ1v) is 4.31. The number of carbonyl (C=O) groups is 1. The highest BCUT2D eigenvalue weighted by Gasteiger charge is 1.93. The van der Waals surface area contributed by atoms with Gasteiger partial charge in [-0.25, -0.2) is 0 Å². The lowest BCUT2D eigenvalue weighted by atomic mass is 10.2. The van der Waals surface area contributed by atoms with Crippen molar-refractivity contribution in [2.75, 3.05) is 0 Å². The van der Waals surface area contributed by atoms with E-state index in [1.807, 2.05) is 27.7 Å². The number of amides is 1. The molecule has 2 N–H and O–H groups in total. The Balaban J connectivity index is -0.000000175. The molecule has 0 atom stereocenters. The van der Waals surface area contributed by atoms with Crippen molar-refractivity contribution < 1.29 is 4.79 Å².